The molecule has 1 aromatic heterocycles. The fraction of sp³-hybridized carbons (Fsp3) is 0.304. The Balaban J connectivity index is 1.58. The van der Waals surface area contributed by atoms with Gasteiger partial charge in [-0.05, 0) is 56.0 Å². The fourth-order valence-electron chi connectivity index (χ4n) is 3.74. The van der Waals surface area contributed by atoms with Crippen LogP contribution in [0.25, 0.3) is 22.0 Å². The van der Waals surface area contributed by atoms with E-state index in [9.17, 15) is 4.79 Å². The summed E-state index contributed by atoms with van der Waals surface area (Å²) in [5.41, 5.74) is 2.81. The minimum atomic E-state index is -0.512. The van der Waals surface area contributed by atoms with Gasteiger partial charge in [-0.3, -0.25) is 9.78 Å². The van der Waals surface area contributed by atoms with Crippen molar-refractivity contribution in [3.8, 4) is 16.9 Å². The zero-order chi connectivity index (χ0) is 19.5. The number of rotatable bonds is 4. The van der Waals surface area contributed by atoms with Gasteiger partial charge in [-0.2, -0.15) is 0 Å². The molecule has 0 bridgehead atoms. The Kier molecular flexibility index (Phi) is 5.49. The molecule has 4 rings (SSSR count). The number of hydrogen-bond acceptors (Lipinski definition) is 3. The topological polar surface area (TPSA) is 42.4 Å². The lowest BCUT2D eigenvalue weighted by Crippen LogP contribution is -2.43. The molecule has 4 nitrogen and oxygen atoms in total. The van der Waals surface area contributed by atoms with Crippen LogP contribution in [0, 0.1) is 0 Å². The second-order valence-electron chi connectivity index (χ2n) is 7.16. The van der Waals surface area contributed by atoms with Gasteiger partial charge >= 0.3 is 0 Å². The SMILES string of the molecule is CC(Oc1ccc2c(-c3ccccc3Cl)ccnc2c1)C(=O)N1CCCCC1. The Labute approximate surface area is 170 Å². The Morgan fingerprint density at radius 2 is 1.86 bits per heavy atom. The minimum absolute atomic E-state index is 0.0533. The van der Waals surface area contributed by atoms with E-state index >= 15 is 0 Å². The van der Waals surface area contributed by atoms with E-state index in [2.05, 4.69) is 4.98 Å². The quantitative estimate of drug-likeness (QED) is 0.600. The van der Waals surface area contributed by atoms with Gasteiger partial charge in [0.15, 0.2) is 6.10 Å². The van der Waals surface area contributed by atoms with Gasteiger partial charge in [0.05, 0.1) is 5.52 Å². The number of carbonyl (C=O) groups is 1. The van der Waals surface area contributed by atoms with Crippen LogP contribution in [0.4, 0.5) is 0 Å². The molecule has 1 aliphatic rings. The highest BCUT2D eigenvalue weighted by Crippen LogP contribution is 2.33. The summed E-state index contributed by atoms with van der Waals surface area (Å²) >= 11 is 6.38. The van der Waals surface area contributed by atoms with Crippen LogP contribution in [0.1, 0.15) is 26.2 Å². The molecule has 0 N–H and O–H groups in total. The standard InChI is InChI=1S/C23H23ClN2O2/c1-16(23(27)26-13-5-2-6-14-26)28-17-9-10-20-18(11-12-25-22(20)15-17)19-7-3-4-8-21(19)24/h3-4,7-12,15-16H,2,5-6,13-14H2,1H3. The van der Waals surface area contributed by atoms with Gasteiger partial charge in [0.1, 0.15) is 5.75 Å². The molecule has 2 aromatic carbocycles. The third kappa shape index (κ3) is 3.83. The summed E-state index contributed by atoms with van der Waals surface area (Å²) in [4.78, 5) is 19.0. The summed E-state index contributed by atoms with van der Waals surface area (Å²) in [7, 11) is 0. The maximum atomic E-state index is 12.6. The van der Waals surface area contributed by atoms with Crippen molar-refractivity contribution in [2.45, 2.75) is 32.3 Å². The Morgan fingerprint density at radius 3 is 2.64 bits per heavy atom. The predicted octanol–water partition coefficient (Wildman–Crippen LogP) is 5.34. The molecular formula is C23H23ClN2O2. The second kappa shape index (κ2) is 8.19. The van der Waals surface area contributed by atoms with Gasteiger partial charge in [-0.15, -0.1) is 0 Å². The van der Waals surface area contributed by atoms with Crippen LogP contribution in [-0.4, -0.2) is 35.0 Å². The largest absolute Gasteiger partial charge is 0.481 e. The van der Waals surface area contributed by atoms with Crippen LogP contribution < -0.4 is 4.74 Å². The molecule has 3 aromatic rings. The van der Waals surface area contributed by atoms with E-state index in [4.69, 9.17) is 16.3 Å². The molecule has 0 radical (unpaired) electrons. The predicted molar refractivity (Wildman–Crippen MR) is 113 cm³/mol. The van der Waals surface area contributed by atoms with Gasteiger partial charge in [0.2, 0.25) is 0 Å². The molecule has 1 amide bonds. The van der Waals surface area contributed by atoms with E-state index in [1.807, 2.05) is 60.4 Å². The molecule has 28 heavy (non-hydrogen) atoms. The lowest BCUT2D eigenvalue weighted by Gasteiger charge is -2.29. The van der Waals surface area contributed by atoms with E-state index in [0.717, 1.165) is 48.0 Å². The van der Waals surface area contributed by atoms with Gasteiger partial charge in [-0.25, -0.2) is 0 Å². The number of amides is 1. The van der Waals surface area contributed by atoms with Crippen molar-refractivity contribution in [2.24, 2.45) is 0 Å². The number of hydrogen-bond donors (Lipinski definition) is 0. The molecule has 0 saturated carbocycles. The molecule has 0 aliphatic carbocycles. The highest BCUT2D eigenvalue weighted by atomic mass is 35.5. The Morgan fingerprint density at radius 1 is 1.07 bits per heavy atom. The first-order valence-electron chi connectivity index (χ1n) is 9.72. The average Bonchev–Trinajstić information content (AvgIpc) is 2.73. The number of nitrogens with zero attached hydrogens (tertiary/aromatic N) is 2. The van der Waals surface area contributed by atoms with Crippen LogP contribution in [0.3, 0.4) is 0 Å². The molecule has 144 valence electrons. The maximum Gasteiger partial charge on any atom is 0.263 e. The van der Waals surface area contributed by atoms with Crippen molar-refractivity contribution in [2.75, 3.05) is 13.1 Å². The van der Waals surface area contributed by atoms with Gasteiger partial charge in [0.25, 0.3) is 5.91 Å². The highest BCUT2D eigenvalue weighted by Gasteiger charge is 2.23. The number of likely N-dealkylation sites (tertiary alicyclic amines) is 1. The Bertz CT molecular complexity index is 999. The van der Waals surface area contributed by atoms with Crippen LogP contribution in [0.2, 0.25) is 5.02 Å². The molecule has 1 fully saturated rings. The second-order valence-corrected chi connectivity index (χ2v) is 7.57. The summed E-state index contributed by atoms with van der Waals surface area (Å²) in [5, 5.41) is 1.70. The highest BCUT2D eigenvalue weighted by molar-refractivity contribution is 6.33. The number of halogens is 1. The van der Waals surface area contributed by atoms with E-state index < -0.39 is 6.10 Å². The number of ether oxygens (including phenoxy) is 1. The van der Waals surface area contributed by atoms with E-state index in [-0.39, 0.29) is 5.91 Å². The number of carbonyl (C=O) groups excluding carboxylic acids is 1. The van der Waals surface area contributed by atoms with E-state index in [0.29, 0.717) is 10.8 Å². The van der Waals surface area contributed by atoms with Crippen LogP contribution in [0.5, 0.6) is 5.75 Å². The lowest BCUT2D eigenvalue weighted by molar-refractivity contribution is -0.138. The lowest BCUT2D eigenvalue weighted by atomic mass is 10.0. The monoisotopic (exact) mass is 394 g/mol. The van der Waals surface area contributed by atoms with Gasteiger partial charge in [-0.1, -0.05) is 29.8 Å². The van der Waals surface area contributed by atoms with Crippen molar-refractivity contribution in [3.63, 3.8) is 0 Å². The molecule has 1 aliphatic heterocycles. The normalized spacial score (nSPS) is 15.4. The van der Waals surface area contributed by atoms with Crippen LogP contribution >= 0.6 is 11.6 Å². The van der Waals surface area contributed by atoms with Crippen molar-refractivity contribution in [1.82, 2.24) is 9.88 Å². The molecular weight excluding hydrogens is 372 g/mol. The first kappa shape index (κ1) is 18.8. The summed E-state index contributed by atoms with van der Waals surface area (Å²) in [5.74, 6) is 0.701. The van der Waals surface area contributed by atoms with Crippen molar-refractivity contribution < 1.29 is 9.53 Å². The molecule has 0 spiro atoms. The van der Waals surface area contributed by atoms with Crippen molar-refractivity contribution in [3.05, 3.63) is 59.8 Å². The third-order valence-corrected chi connectivity index (χ3v) is 5.54. The summed E-state index contributed by atoms with van der Waals surface area (Å²) in [6.07, 6.45) is 4.60. The maximum absolute atomic E-state index is 12.6. The van der Waals surface area contributed by atoms with E-state index in [1.165, 1.54) is 6.42 Å². The number of aromatic nitrogens is 1. The van der Waals surface area contributed by atoms with Crippen LogP contribution in [0.15, 0.2) is 54.7 Å². The van der Waals surface area contributed by atoms with E-state index in [1.54, 1.807) is 6.20 Å². The number of pyridine rings is 1. The summed E-state index contributed by atoms with van der Waals surface area (Å²) in [6, 6.07) is 15.5. The Hall–Kier alpha value is -2.59. The summed E-state index contributed by atoms with van der Waals surface area (Å²) < 4.78 is 5.95. The van der Waals surface area contributed by atoms with Crippen molar-refractivity contribution in [1.29, 1.82) is 0 Å². The molecule has 1 saturated heterocycles. The molecule has 2 heterocycles. The van der Waals surface area contributed by atoms with Crippen LogP contribution in [-0.2, 0) is 4.79 Å². The first-order valence-corrected chi connectivity index (χ1v) is 10.1. The molecule has 1 unspecified atom stereocenters. The number of benzene rings is 2. The smallest absolute Gasteiger partial charge is 0.263 e. The summed E-state index contributed by atoms with van der Waals surface area (Å²) in [6.45, 7) is 3.47. The molecule has 5 heteroatoms. The molecule has 1 atom stereocenters. The van der Waals surface area contributed by atoms with Gasteiger partial charge < -0.3 is 9.64 Å². The first-order chi connectivity index (χ1) is 13.6. The number of fused-ring (bicyclic) bond motifs is 1. The zero-order valence-corrected chi connectivity index (χ0v) is 16.7. The third-order valence-electron chi connectivity index (χ3n) is 5.21. The van der Waals surface area contributed by atoms with Gasteiger partial charge in [0, 0.05) is 41.3 Å². The fourth-order valence-corrected chi connectivity index (χ4v) is 3.98. The number of piperidine rings is 1. The minimum Gasteiger partial charge on any atom is -0.481 e. The zero-order valence-electron chi connectivity index (χ0n) is 15.9. The van der Waals surface area contributed by atoms with Crippen molar-refractivity contribution >= 4 is 28.4 Å². The average molecular weight is 395 g/mol.